The summed E-state index contributed by atoms with van der Waals surface area (Å²) < 4.78 is 28.5. The zero-order valence-corrected chi connectivity index (χ0v) is 19.2. The molecule has 1 spiro atoms. The number of esters is 4. The fourth-order valence-corrected chi connectivity index (χ4v) is 7.18. The molecule has 10 heteroatoms. The Hall–Kier alpha value is -2.46. The molecular weight excluding hydrogens is 436 g/mol. The molecule has 2 bridgehead atoms. The first-order valence-corrected chi connectivity index (χ1v) is 11.1. The van der Waals surface area contributed by atoms with E-state index < -0.39 is 88.8 Å². The summed E-state index contributed by atoms with van der Waals surface area (Å²) in [7, 11) is 0. The molecule has 180 valence electrons. The predicted octanol–water partition coefficient (Wildman–Crippen LogP) is 0.438. The Kier molecular flexibility index (Phi) is 4.44. The molecule has 2 aliphatic carbocycles. The largest absolute Gasteiger partial charge is 0.462 e. The highest BCUT2D eigenvalue weighted by Gasteiger charge is 2.93. The van der Waals surface area contributed by atoms with Gasteiger partial charge >= 0.3 is 23.9 Å². The van der Waals surface area contributed by atoms with Gasteiger partial charge in [0.2, 0.25) is 0 Å². The molecule has 5 aliphatic rings. The molecule has 2 saturated carbocycles. The summed E-state index contributed by atoms with van der Waals surface area (Å²) in [5.41, 5.74) is -4.07. The number of carbonyl (C=O) groups excluding carboxylic acids is 4. The summed E-state index contributed by atoms with van der Waals surface area (Å²) in [6, 6.07) is 0. The highest BCUT2D eigenvalue weighted by molar-refractivity contribution is 5.82. The lowest BCUT2D eigenvalue weighted by molar-refractivity contribution is -0.276. The monoisotopic (exact) mass is 464 g/mol. The number of rotatable bonds is 4. The Morgan fingerprint density at radius 2 is 1.82 bits per heavy atom. The first-order valence-electron chi connectivity index (χ1n) is 11.1. The van der Waals surface area contributed by atoms with Crippen LogP contribution in [0.5, 0.6) is 0 Å². The molecule has 3 heterocycles. The van der Waals surface area contributed by atoms with Gasteiger partial charge < -0.3 is 28.8 Å². The van der Waals surface area contributed by atoms with Crippen LogP contribution in [0.25, 0.3) is 0 Å². The van der Waals surface area contributed by atoms with Crippen LogP contribution in [0.2, 0.25) is 0 Å². The maximum absolute atomic E-state index is 13.0. The van der Waals surface area contributed by atoms with Crippen LogP contribution in [0.15, 0.2) is 12.2 Å². The minimum absolute atomic E-state index is 0.0589. The van der Waals surface area contributed by atoms with Gasteiger partial charge in [-0.2, -0.15) is 0 Å². The van der Waals surface area contributed by atoms with Crippen molar-refractivity contribution in [2.24, 2.45) is 23.2 Å². The molecular formula is C23H28O10. The van der Waals surface area contributed by atoms with Gasteiger partial charge in [0.25, 0.3) is 0 Å². The van der Waals surface area contributed by atoms with Gasteiger partial charge in [0.1, 0.15) is 30.0 Å². The number of hydrogen-bond acceptors (Lipinski definition) is 10. The van der Waals surface area contributed by atoms with Gasteiger partial charge in [0.05, 0.1) is 17.3 Å². The van der Waals surface area contributed by atoms with E-state index in [1.165, 1.54) is 13.8 Å². The zero-order valence-electron chi connectivity index (χ0n) is 19.2. The summed E-state index contributed by atoms with van der Waals surface area (Å²) in [5.74, 6) is -4.84. The molecule has 11 unspecified atom stereocenters. The molecule has 5 fully saturated rings. The average molecular weight is 464 g/mol. The van der Waals surface area contributed by atoms with E-state index in [2.05, 4.69) is 6.58 Å². The summed E-state index contributed by atoms with van der Waals surface area (Å²) in [6.45, 7) is 11.4. The molecule has 1 N–H and O–H groups in total. The number of aliphatic hydroxyl groups is 1. The van der Waals surface area contributed by atoms with Crippen LogP contribution < -0.4 is 0 Å². The van der Waals surface area contributed by atoms with Gasteiger partial charge in [0.15, 0.2) is 11.7 Å². The van der Waals surface area contributed by atoms with Crippen molar-refractivity contribution in [1.82, 2.24) is 0 Å². The standard InChI is InChI=1S/C23H28O10/c1-8(2)13-14-20(27)31-15(13)16(30-11(5)25)21(6)22(17-18(32-17)23(14,21)28)7-12(19(26)33-22)9(3)29-10(4)24/h9,12-18,28H,1,7H2,2-6H3. The van der Waals surface area contributed by atoms with Gasteiger partial charge in [-0.25, -0.2) is 0 Å². The fourth-order valence-electron chi connectivity index (χ4n) is 7.18. The van der Waals surface area contributed by atoms with E-state index in [-0.39, 0.29) is 6.42 Å². The first kappa shape index (κ1) is 22.3. The van der Waals surface area contributed by atoms with E-state index >= 15 is 0 Å². The fraction of sp³-hybridized carbons (Fsp3) is 0.739. The summed E-state index contributed by atoms with van der Waals surface area (Å²) in [6.07, 6.45) is -4.26. The average Bonchev–Trinajstić information content (AvgIpc) is 3.29. The Morgan fingerprint density at radius 3 is 2.39 bits per heavy atom. The smallest absolute Gasteiger partial charge is 0.313 e. The minimum atomic E-state index is -1.84. The van der Waals surface area contributed by atoms with Crippen LogP contribution >= 0.6 is 0 Å². The number of fused-ring (bicyclic) bond motifs is 8. The van der Waals surface area contributed by atoms with E-state index in [1.54, 1.807) is 20.8 Å². The second kappa shape index (κ2) is 6.56. The molecule has 10 nitrogen and oxygen atoms in total. The van der Waals surface area contributed by atoms with E-state index in [0.29, 0.717) is 5.57 Å². The van der Waals surface area contributed by atoms with Crippen molar-refractivity contribution in [2.75, 3.05) is 0 Å². The van der Waals surface area contributed by atoms with Crippen molar-refractivity contribution in [3.8, 4) is 0 Å². The van der Waals surface area contributed by atoms with Crippen LogP contribution in [0.4, 0.5) is 0 Å². The number of ether oxygens (including phenoxy) is 5. The maximum atomic E-state index is 13.0. The zero-order chi connectivity index (χ0) is 24.2. The van der Waals surface area contributed by atoms with Crippen molar-refractivity contribution in [3.63, 3.8) is 0 Å². The van der Waals surface area contributed by atoms with Crippen molar-refractivity contribution >= 4 is 23.9 Å². The predicted molar refractivity (Wildman–Crippen MR) is 107 cm³/mol. The van der Waals surface area contributed by atoms with Gasteiger partial charge in [0, 0.05) is 26.2 Å². The highest BCUT2D eigenvalue weighted by atomic mass is 16.7. The van der Waals surface area contributed by atoms with E-state index in [0.717, 1.165) is 0 Å². The normalized spacial score (nSPS) is 49.6. The second-order valence-corrected chi connectivity index (χ2v) is 10.2. The lowest BCUT2D eigenvalue weighted by Gasteiger charge is -2.57. The Morgan fingerprint density at radius 1 is 1.15 bits per heavy atom. The molecule has 0 aromatic heterocycles. The van der Waals surface area contributed by atoms with Gasteiger partial charge in [-0.1, -0.05) is 12.2 Å². The Bertz CT molecular complexity index is 990. The first-order chi connectivity index (χ1) is 15.3. The minimum Gasteiger partial charge on any atom is -0.462 e. The topological polar surface area (TPSA) is 138 Å². The molecule has 33 heavy (non-hydrogen) atoms. The summed E-state index contributed by atoms with van der Waals surface area (Å²) in [4.78, 5) is 49.7. The van der Waals surface area contributed by atoms with Crippen molar-refractivity contribution in [3.05, 3.63) is 12.2 Å². The maximum Gasteiger partial charge on any atom is 0.313 e. The quantitative estimate of drug-likeness (QED) is 0.270. The molecule has 0 amide bonds. The SMILES string of the molecule is C=C(C)C1C2OC(=O)C1C1(O)C3OC3C3(CC(C(C)OC(C)=O)C(=O)O3)C1(C)C2OC(C)=O. The number of hydrogen-bond donors (Lipinski definition) is 1. The van der Waals surface area contributed by atoms with Crippen LogP contribution in [-0.4, -0.2) is 70.7 Å². The van der Waals surface area contributed by atoms with Gasteiger partial charge in [-0.15, -0.1) is 0 Å². The summed E-state index contributed by atoms with van der Waals surface area (Å²) >= 11 is 0. The molecule has 3 aliphatic heterocycles. The molecule has 0 aromatic rings. The molecule has 0 aromatic carbocycles. The molecule has 5 rings (SSSR count). The van der Waals surface area contributed by atoms with E-state index in [1.807, 2.05) is 0 Å². The molecule has 3 saturated heterocycles. The number of carbonyl (C=O) groups is 4. The van der Waals surface area contributed by atoms with E-state index in [4.69, 9.17) is 23.7 Å². The van der Waals surface area contributed by atoms with Crippen LogP contribution in [0.3, 0.4) is 0 Å². The van der Waals surface area contributed by atoms with E-state index in [9.17, 15) is 24.3 Å². The van der Waals surface area contributed by atoms with Crippen molar-refractivity contribution < 1.29 is 48.0 Å². The third kappa shape index (κ3) is 2.45. The van der Waals surface area contributed by atoms with Crippen molar-refractivity contribution in [1.29, 1.82) is 0 Å². The van der Waals surface area contributed by atoms with Crippen LogP contribution in [0, 0.1) is 23.2 Å². The lowest BCUT2D eigenvalue weighted by atomic mass is 9.50. The third-order valence-corrected chi connectivity index (χ3v) is 8.55. The van der Waals surface area contributed by atoms with Crippen LogP contribution in [-0.2, 0) is 42.9 Å². The Balaban J connectivity index is 1.65. The summed E-state index contributed by atoms with van der Waals surface area (Å²) in [5, 5.41) is 12.3. The molecule has 0 radical (unpaired) electrons. The number of epoxide rings is 1. The van der Waals surface area contributed by atoms with Crippen LogP contribution in [0.1, 0.15) is 41.0 Å². The lowest BCUT2D eigenvalue weighted by Crippen LogP contribution is -2.73. The second-order valence-electron chi connectivity index (χ2n) is 10.2. The Labute approximate surface area is 190 Å². The third-order valence-electron chi connectivity index (χ3n) is 8.55. The highest BCUT2D eigenvalue weighted by Crippen LogP contribution is 2.75. The van der Waals surface area contributed by atoms with Gasteiger partial charge in [-0.05, 0) is 20.8 Å². The van der Waals surface area contributed by atoms with Crippen molar-refractivity contribution in [2.45, 2.75) is 82.8 Å². The molecule has 11 atom stereocenters. The van der Waals surface area contributed by atoms with Gasteiger partial charge in [-0.3, -0.25) is 19.2 Å².